The van der Waals surface area contributed by atoms with Gasteiger partial charge in [0.05, 0.1) is 11.5 Å². The molecule has 1 amide bonds. The fourth-order valence-electron chi connectivity index (χ4n) is 1.74. The van der Waals surface area contributed by atoms with Gasteiger partial charge in [0, 0.05) is 6.54 Å². The zero-order valence-electron chi connectivity index (χ0n) is 13.6. The van der Waals surface area contributed by atoms with Crippen LogP contribution in [-0.2, 0) is 4.74 Å². The first-order chi connectivity index (χ1) is 10.3. The second-order valence-corrected chi connectivity index (χ2v) is 6.61. The Balaban J connectivity index is 2.21. The van der Waals surface area contributed by atoms with Gasteiger partial charge in [-0.15, -0.1) is 11.8 Å². The van der Waals surface area contributed by atoms with E-state index in [1.165, 1.54) is 11.8 Å². The summed E-state index contributed by atoms with van der Waals surface area (Å²) in [5.41, 5.74) is -0.475. The summed E-state index contributed by atoms with van der Waals surface area (Å²) in [6.45, 7) is 6.58. The van der Waals surface area contributed by atoms with Gasteiger partial charge in [0.1, 0.15) is 17.1 Å². The molecule has 0 atom stereocenters. The number of unbranched alkanes of at least 4 members (excludes halogenated alkanes) is 1. The lowest BCUT2D eigenvalue weighted by atomic mass is 10.2. The highest BCUT2D eigenvalue weighted by Crippen LogP contribution is 2.35. The Labute approximate surface area is 136 Å². The Morgan fingerprint density at radius 3 is 2.68 bits per heavy atom. The Morgan fingerprint density at radius 2 is 2.05 bits per heavy atom. The Hall–Kier alpha value is -1.56. The van der Waals surface area contributed by atoms with E-state index in [4.69, 9.17) is 9.47 Å². The molecule has 0 saturated carbocycles. The van der Waals surface area contributed by atoms with Crippen LogP contribution in [0, 0.1) is 0 Å². The zero-order valence-corrected chi connectivity index (χ0v) is 14.5. The Kier molecular flexibility index (Phi) is 7.38. The minimum absolute atomic E-state index is 0.233. The van der Waals surface area contributed by atoms with Crippen molar-refractivity contribution in [3.63, 3.8) is 0 Å². The quantitative estimate of drug-likeness (QED) is 0.589. The third-order valence-electron chi connectivity index (χ3n) is 2.66. The first-order valence-corrected chi connectivity index (χ1v) is 8.51. The van der Waals surface area contributed by atoms with E-state index in [1.807, 2.05) is 33.1 Å². The molecule has 0 heterocycles. The fraction of sp³-hybridized carbons (Fsp3) is 0.562. The van der Waals surface area contributed by atoms with E-state index in [-0.39, 0.29) is 5.75 Å². The van der Waals surface area contributed by atoms with Gasteiger partial charge in [0.2, 0.25) is 0 Å². The molecule has 22 heavy (non-hydrogen) atoms. The molecule has 124 valence electrons. The largest absolute Gasteiger partial charge is 0.507 e. The highest BCUT2D eigenvalue weighted by Gasteiger charge is 2.15. The summed E-state index contributed by atoms with van der Waals surface area (Å²) >= 11 is 1.45. The van der Waals surface area contributed by atoms with Crippen LogP contribution in [0.3, 0.4) is 0 Å². The monoisotopic (exact) mass is 327 g/mol. The predicted molar refractivity (Wildman–Crippen MR) is 88.9 cm³/mol. The number of benzene rings is 1. The van der Waals surface area contributed by atoms with Crippen molar-refractivity contribution in [2.24, 2.45) is 0 Å². The predicted octanol–water partition coefficient (Wildman–Crippen LogP) is 3.80. The average molecular weight is 327 g/mol. The lowest BCUT2D eigenvalue weighted by Gasteiger charge is -2.19. The van der Waals surface area contributed by atoms with E-state index in [2.05, 4.69) is 5.32 Å². The number of ether oxygens (including phenoxy) is 2. The maximum atomic E-state index is 11.4. The van der Waals surface area contributed by atoms with Crippen LogP contribution in [0.4, 0.5) is 4.79 Å². The van der Waals surface area contributed by atoms with E-state index in [1.54, 1.807) is 12.1 Å². The molecule has 2 N–H and O–H groups in total. The zero-order chi connectivity index (χ0) is 16.6. The van der Waals surface area contributed by atoms with Gasteiger partial charge < -0.3 is 19.9 Å². The maximum Gasteiger partial charge on any atom is 0.407 e. The van der Waals surface area contributed by atoms with Crippen molar-refractivity contribution < 1.29 is 19.4 Å². The number of nitrogens with one attached hydrogen (secondary N) is 1. The number of aromatic hydroxyl groups is 1. The molecule has 0 spiro atoms. The summed E-state index contributed by atoms with van der Waals surface area (Å²) in [6, 6.07) is 5.24. The molecule has 1 aromatic carbocycles. The van der Waals surface area contributed by atoms with Gasteiger partial charge >= 0.3 is 6.09 Å². The summed E-state index contributed by atoms with van der Waals surface area (Å²) in [4.78, 5) is 12.2. The Morgan fingerprint density at radius 1 is 1.32 bits per heavy atom. The summed E-state index contributed by atoms with van der Waals surface area (Å²) < 4.78 is 10.8. The molecule has 0 fully saturated rings. The molecule has 0 unspecified atom stereocenters. The molecule has 0 aliphatic heterocycles. The SMILES string of the molecule is CSc1c(O)cccc1OCCCCNC(=O)OC(C)(C)C. The fourth-order valence-corrected chi connectivity index (χ4v) is 2.34. The van der Waals surface area contributed by atoms with Gasteiger partial charge in [-0.3, -0.25) is 0 Å². The molecule has 0 radical (unpaired) electrons. The van der Waals surface area contributed by atoms with Gasteiger partial charge in [0.25, 0.3) is 0 Å². The van der Waals surface area contributed by atoms with Gasteiger partial charge in [-0.1, -0.05) is 6.07 Å². The van der Waals surface area contributed by atoms with E-state index in [9.17, 15) is 9.90 Å². The van der Waals surface area contributed by atoms with Crippen LogP contribution in [0.5, 0.6) is 11.5 Å². The molecule has 0 aliphatic carbocycles. The van der Waals surface area contributed by atoms with Gasteiger partial charge in [-0.25, -0.2) is 4.79 Å². The maximum absolute atomic E-state index is 11.4. The van der Waals surface area contributed by atoms with Gasteiger partial charge in [0.15, 0.2) is 0 Å². The molecular formula is C16H25NO4S. The first-order valence-electron chi connectivity index (χ1n) is 7.29. The smallest absolute Gasteiger partial charge is 0.407 e. The minimum atomic E-state index is -0.475. The van der Waals surface area contributed by atoms with Crippen molar-refractivity contribution in [1.82, 2.24) is 5.32 Å². The van der Waals surface area contributed by atoms with Crippen molar-refractivity contribution in [1.29, 1.82) is 0 Å². The number of rotatable bonds is 7. The highest BCUT2D eigenvalue weighted by molar-refractivity contribution is 7.98. The number of hydrogen-bond donors (Lipinski definition) is 2. The van der Waals surface area contributed by atoms with Crippen molar-refractivity contribution in [2.45, 2.75) is 44.1 Å². The number of hydrogen-bond acceptors (Lipinski definition) is 5. The van der Waals surface area contributed by atoms with E-state index in [0.29, 0.717) is 18.9 Å². The molecule has 0 aromatic heterocycles. The Bertz CT molecular complexity index is 486. The first kappa shape index (κ1) is 18.5. The lowest BCUT2D eigenvalue weighted by Crippen LogP contribution is -2.33. The number of carbonyl (C=O) groups is 1. The van der Waals surface area contributed by atoms with Crippen molar-refractivity contribution >= 4 is 17.9 Å². The second kappa shape index (κ2) is 8.78. The topological polar surface area (TPSA) is 67.8 Å². The summed E-state index contributed by atoms with van der Waals surface area (Å²) in [6.07, 6.45) is 3.10. The number of carbonyl (C=O) groups excluding carboxylic acids is 1. The molecule has 0 saturated heterocycles. The van der Waals surface area contributed by atoms with Crippen LogP contribution in [0.15, 0.2) is 23.1 Å². The van der Waals surface area contributed by atoms with Crippen molar-refractivity contribution in [2.75, 3.05) is 19.4 Å². The van der Waals surface area contributed by atoms with Crippen LogP contribution in [0.1, 0.15) is 33.6 Å². The van der Waals surface area contributed by atoms with Crippen LogP contribution < -0.4 is 10.1 Å². The molecule has 6 heteroatoms. The number of phenolic OH excluding ortho intramolecular Hbond substituents is 1. The lowest BCUT2D eigenvalue weighted by molar-refractivity contribution is 0.0526. The number of amides is 1. The molecule has 0 aliphatic rings. The second-order valence-electron chi connectivity index (χ2n) is 5.79. The van der Waals surface area contributed by atoms with Crippen molar-refractivity contribution in [3.8, 4) is 11.5 Å². The number of thioether (sulfide) groups is 1. The summed E-state index contributed by atoms with van der Waals surface area (Å²) in [5.74, 6) is 0.921. The minimum Gasteiger partial charge on any atom is -0.507 e. The number of alkyl carbamates (subject to hydrolysis) is 1. The molecule has 1 aromatic rings. The average Bonchev–Trinajstić information content (AvgIpc) is 2.40. The number of phenols is 1. The van der Waals surface area contributed by atoms with Crippen LogP contribution >= 0.6 is 11.8 Å². The third kappa shape index (κ3) is 6.93. The third-order valence-corrected chi connectivity index (χ3v) is 3.48. The summed E-state index contributed by atoms with van der Waals surface area (Å²) in [7, 11) is 0. The normalized spacial score (nSPS) is 11.1. The van der Waals surface area contributed by atoms with Gasteiger partial charge in [-0.2, -0.15) is 0 Å². The van der Waals surface area contributed by atoms with E-state index >= 15 is 0 Å². The van der Waals surface area contributed by atoms with E-state index in [0.717, 1.165) is 17.7 Å². The van der Waals surface area contributed by atoms with E-state index < -0.39 is 11.7 Å². The standard InChI is InChI=1S/C16H25NO4S/c1-16(2,3)21-15(19)17-10-5-6-11-20-13-9-7-8-12(18)14(13)22-4/h7-9,18H,5-6,10-11H2,1-4H3,(H,17,19). The van der Waals surface area contributed by atoms with Crippen LogP contribution in [0.25, 0.3) is 0 Å². The summed E-state index contributed by atoms with van der Waals surface area (Å²) in [5, 5.41) is 12.4. The van der Waals surface area contributed by atoms with Gasteiger partial charge in [-0.05, 0) is 52.0 Å². The highest BCUT2D eigenvalue weighted by atomic mass is 32.2. The van der Waals surface area contributed by atoms with Crippen molar-refractivity contribution in [3.05, 3.63) is 18.2 Å². The van der Waals surface area contributed by atoms with Crippen LogP contribution in [-0.4, -0.2) is 36.2 Å². The van der Waals surface area contributed by atoms with Crippen LogP contribution in [0.2, 0.25) is 0 Å². The molecule has 5 nitrogen and oxygen atoms in total. The molecule has 0 bridgehead atoms. The molecule has 1 rings (SSSR count). The molecular weight excluding hydrogens is 302 g/mol.